The Bertz CT molecular complexity index is 1930. The standard InChI is InChI=1S/C32H31FN8O/c1-20-4-3-9-39(15-20)16-22-11-27(33)29-18-41(32(42)40(29)17-22)30-13-24(12-28(36-30)23-6-7-23)25-8-5-21(14-34)10-26(25)31-37-35-19-38(31)2/h5,8,10-13,17-20,23H,3-4,6-7,9,15-16H2,1-2H3/t20-/m0/s1. The lowest BCUT2D eigenvalue weighted by Gasteiger charge is -2.30. The van der Waals surface area contributed by atoms with Gasteiger partial charge in [-0.2, -0.15) is 5.26 Å². The lowest BCUT2D eigenvalue weighted by molar-refractivity contribution is 0.176. The molecular formula is C32H31FN8O. The SMILES string of the molecule is C[C@H]1CCCN(Cc2cc(F)c3cn(-c4cc(-c5ccc(C#N)cc5-c5nncn5C)cc(C5CC5)n4)c(=O)n3c2)C1. The number of pyridine rings is 2. The summed E-state index contributed by atoms with van der Waals surface area (Å²) in [5, 5.41) is 17.9. The Morgan fingerprint density at radius 2 is 1.95 bits per heavy atom. The largest absolute Gasteiger partial charge is 0.338 e. The second-order valence-corrected chi connectivity index (χ2v) is 11.8. The van der Waals surface area contributed by atoms with Crippen molar-refractivity contribution in [3.8, 4) is 34.4 Å². The summed E-state index contributed by atoms with van der Waals surface area (Å²) in [4.78, 5) is 21.0. The summed E-state index contributed by atoms with van der Waals surface area (Å²) < 4.78 is 20.1. The van der Waals surface area contributed by atoms with Gasteiger partial charge in [-0.25, -0.2) is 14.2 Å². The molecule has 2 aliphatic rings. The Kier molecular flexibility index (Phi) is 6.47. The maximum atomic E-state index is 15.4. The van der Waals surface area contributed by atoms with Gasteiger partial charge in [-0.3, -0.25) is 13.9 Å². The number of aryl methyl sites for hydroxylation is 1. The number of aromatic nitrogens is 6. The Morgan fingerprint density at radius 1 is 1.10 bits per heavy atom. The Hall–Kier alpha value is -4.62. The highest BCUT2D eigenvalue weighted by Gasteiger charge is 2.27. The fourth-order valence-corrected chi connectivity index (χ4v) is 6.12. The third kappa shape index (κ3) is 4.80. The highest BCUT2D eigenvalue weighted by molar-refractivity contribution is 5.82. The van der Waals surface area contributed by atoms with Crippen molar-refractivity contribution >= 4 is 5.52 Å². The number of nitrogens with zero attached hydrogens (tertiary/aromatic N) is 8. The van der Waals surface area contributed by atoms with Crippen LogP contribution in [0.25, 0.3) is 33.8 Å². The molecule has 0 N–H and O–H groups in total. The van der Waals surface area contributed by atoms with Gasteiger partial charge >= 0.3 is 5.69 Å². The zero-order valence-electron chi connectivity index (χ0n) is 23.7. The highest BCUT2D eigenvalue weighted by atomic mass is 19.1. The van der Waals surface area contributed by atoms with Crippen LogP contribution in [0.5, 0.6) is 0 Å². The number of hydrogen-bond donors (Lipinski definition) is 0. The number of imidazole rings is 1. The molecule has 0 amide bonds. The molecule has 1 saturated heterocycles. The first-order chi connectivity index (χ1) is 20.4. The van der Waals surface area contributed by atoms with Gasteiger partial charge in [-0.15, -0.1) is 10.2 Å². The van der Waals surface area contributed by atoms with Crippen LogP contribution < -0.4 is 5.69 Å². The van der Waals surface area contributed by atoms with E-state index < -0.39 is 5.82 Å². The minimum absolute atomic E-state index is 0.217. The summed E-state index contributed by atoms with van der Waals surface area (Å²) in [6, 6.07) is 13.1. The molecule has 0 spiro atoms. The van der Waals surface area contributed by atoms with Gasteiger partial charge in [-0.1, -0.05) is 13.0 Å². The van der Waals surface area contributed by atoms with E-state index in [1.54, 1.807) is 35.3 Å². The van der Waals surface area contributed by atoms with Crippen LogP contribution in [0, 0.1) is 23.1 Å². The monoisotopic (exact) mass is 562 g/mol. The number of likely N-dealkylation sites (tertiary alicyclic amines) is 1. The number of nitriles is 1. The first kappa shape index (κ1) is 26.3. The summed E-state index contributed by atoms with van der Waals surface area (Å²) in [6.45, 7) is 4.80. The summed E-state index contributed by atoms with van der Waals surface area (Å²) in [5.74, 6) is 1.55. The number of piperidine rings is 1. The third-order valence-electron chi connectivity index (χ3n) is 8.41. The predicted molar refractivity (Wildman–Crippen MR) is 157 cm³/mol. The number of benzene rings is 1. The second-order valence-electron chi connectivity index (χ2n) is 11.8. The van der Waals surface area contributed by atoms with Crippen molar-refractivity contribution in [1.29, 1.82) is 5.26 Å². The van der Waals surface area contributed by atoms with Gasteiger partial charge in [0.15, 0.2) is 5.82 Å². The minimum atomic E-state index is -0.427. The Balaban J connectivity index is 1.34. The highest BCUT2D eigenvalue weighted by Crippen LogP contribution is 2.42. The maximum Gasteiger partial charge on any atom is 0.338 e. The Morgan fingerprint density at radius 3 is 2.69 bits per heavy atom. The van der Waals surface area contributed by atoms with E-state index >= 15 is 4.39 Å². The normalized spacial score (nSPS) is 17.5. The van der Waals surface area contributed by atoms with E-state index in [4.69, 9.17) is 4.98 Å². The van der Waals surface area contributed by atoms with Crippen LogP contribution >= 0.6 is 0 Å². The number of hydrogen-bond acceptors (Lipinski definition) is 6. The molecule has 1 aliphatic heterocycles. The minimum Gasteiger partial charge on any atom is -0.317 e. The molecule has 0 radical (unpaired) electrons. The summed E-state index contributed by atoms with van der Waals surface area (Å²) in [6.07, 6.45) is 9.31. The number of rotatable bonds is 6. The van der Waals surface area contributed by atoms with Gasteiger partial charge in [-0.05, 0) is 85.2 Å². The Labute approximate surface area is 242 Å². The molecule has 212 valence electrons. The van der Waals surface area contributed by atoms with Crippen molar-refractivity contribution in [2.75, 3.05) is 13.1 Å². The summed E-state index contributed by atoms with van der Waals surface area (Å²) in [5.41, 5.74) is 4.47. The predicted octanol–water partition coefficient (Wildman–Crippen LogP) is 5.07. The first-order valence-corrected chi connectivity index (χ1v) is 14.4. The number of fused-ring (bicyclic) bond motifs is 1. The van der Waals surface area contributed by atoms with E-state index in [1.807, 2.05) is 25.2 Å². The van der Waals surface area contributed by atoms with Gasteiger partial charge < -0.3 is 4.57 Å². The zero-order valence-corrected chi connectivity index (χ0v) is 23.7. The lowest BCUT2D eigenvalue weighted by atomic mass is 9.96. The van der Waals surface area contributed by atoms with Gasteiger partial charge in [0.05, 0.1) is 11.6 Å². The molecule has 42 heavy (non-hydrogen) atoms. The maximum absolute atomic E-state index is 15.4. The summed E-state index contributed by atoms with van der Waals surface area (Å²) >= 11 is 0. The molecular weight excluding hydrogens is 531 g/mol. The lowest BCUT2D eigenvalue weighted by Crippen LogP contribution is -2.33. The van der Waals surface area contributed by atoms with Crippen molar-refractivity contribution in [3.05, 3.63) is 88.2 Å². The van der Waals surface area contributed by atoms with Crippen molar-refractivity contribution in [1.82, 2.24) is 33.6 Å². The van der Waals surface area contributed by atoms with Crippen LogP contribution in [-0.2, 0) is 13.6 Å². The number of halogens is 1. The molecule has 2 fully saturated rings. The molecule has 10 heteroatoms. The van der Waals surface area contributed by atoms with Crippen LogP contribution in [0.15, 0.2) is 59.9 Å². The van der Waals surface area contributed by atoms with Gasteiger partial charge in [0.1, 0.15) is 23.5 Å². The smallest absolute Gasteiger partial charge is 0.317 e. The fourth-order valence-electron chi connectivity index (χ4n) is 6.12. The molecule has 5 heterocycles. The molecule has 7 rings (SSSR count). The van der Waals surface area contributed by atoms with Crippen molar-refractivity contribution in [2.45, 2.75) is 45.1 Å². The van der Waals surface area contributed by atoms with E-state index in [9.17, 15) is 10.1 Å². The van der Waals surface area contributed by atoms with Crippen molar-refractivity contribution < 1.29 is 4.39 Å². The van der Waals surface area contributed by atoms with E-state index in [1.165, 1.54) is 21.6 Å². The van der Waals surface area contributed by atoms with Crippen molar-refractivity contribution in [2.24, 2.45) is 13.0 Å². The van der Waals surface area contributed by atoms with Gasteiger partial charge in [0.25, 0.3) is 0 Å². The van der Waals surface area contributed by atoms with Gasteiger partial charge in [0, 0.05) is 49.7 Å². The molecule has 1 aromatic carbocycles. The summed E-state index contributed by atoms with van der Waals surface area (Å²) in [7, 11) is 1.85. The van der Waals surface area contributed by atoms with E-state index in [-0.39, 0.29) is 11.2 Å². The first-order valence-electron chi connectivity index (χ1n) is 14.4. The van der Waals surface area contributed by atoms with E-state index in [2.05, 4.69) is 28.1 Å². The fraction of sp³-hybridized carbons (Fsp3) is 0.344. The van der Waals surface area contributed by atoms with Crippen molar-refractivity contribution in [3.63, 3.8) is 0 Å². The quantitative estimate of drug-likeness (QED) is 0.287. The molecule has 1 saturated carbocycles. The molecule has 1 aliphatic carbocycles. The van der Waals surface area contributed by atoms with Crippen LogP contribution in [0.2, 0.25) is 0 Å². The molecule has 0 unspecified atom stereocenters. The van der Waals surface area contributed by atoms with Crippen LogP contribution in [0.1, 0.15) is 55.3 Å². The van der Waals surface area contributed by atoms with Crippen LogP contribution in [-0.4, -0.2) is 46.7 Å². The average Bonchev–Trinajstić information content (AvgIpc) is 3.67. The second kappa shape index (κ2) is 10.3. The molecule has 0 bridgehead atoms. The van der Waals surface area contributed by atoms with Gasteiger partial charge in [0.2, 0.25) is 0 Å². The molecule has 4 aromatic heterocycles. The van der Waals surface area contributed by atoms with Crippen LogP contribution in [0.4, 0.5) is 4.39 Å². The topological polar surface area (TPSA) is 97.0 Å². The van der Waals surface area contributed by atoms with Crippen LogP contribution in [0.3, 0.4) is 0 Å². The van der Waals surface area contributed by atoms with E-state index in [0.29, 0.717) is 35.6 Å². The molecule has 5 aromatic rings. The average molecular weight is 563 g/mol. The zero-order chi connectivity index (χ0) is 29.0. The van der Waals surface area contributed by atoms with E-state index in [0.717, 1.165) is 60.3 Å². The third-order valence-corrected chi connectivity index (χ3v) is 8.41. The molecule has 9 nitrogen and oxygen atoms in total. The molecule has 1 atom stereocenters.